The molecule has 1 atom stereocenters. The van der Waals surface area contributed by atoms with Crippen LogP contribution in [0.2, 0.25) is 0 Å². The number of hydrogen-bond donors (Lipinski definition) is 0. The Morgan fingerprint density at radius 2 is 1.92 bits per heavy atom. The third-order valence-electron chi connectivity index (χ3n) is 6.45. The number of carbonyl (C=O) groups excluding carboxylic acids is 1. The van der Waals surface area contributed by atoms with Gasteiger partial charge in [0.1, 0.15) is 17.6 Å². The number of thiazole rings is 1. The summed E-state index contributed by atoms with van der Waals surface area (Å²) >= 11 is 1.23. The lowest BCUT2D eigenvalue weighted by molar-refractivity contribution is -0.139. The van der Waals surface area contributed by atoms with Crippen LogP contribution in [-0.4, -0.2) is 30.9 Å². The number of benzene rings is 3. The van der Waals surface area contributed by atoms with E-state index in [0.29, 0.717) is 37.7 Å². The molecule has 0 bridgehead atoms. The molecule has 8 nitrogen and oxygen atoms in total. The van der Waals surface area contributed by atoms with Gasteiger partial charge in [0.15, 0.2) is 11.4 Å². The quantitative estimate of drug-likeness (QED) is 0.331. The molecule has 3 aromatic carbocycles. The van der Waals surface area contributed by atoms with Gasteiger partial charge in [-0.05, 0) is 54.5 Å². The first-order chi connectivity index (χ1) is 19.0. The molecule has 0 aliphatic carbocycles. The predicted octanol–water partition coefficient (Wildman–Crippen LogP) is 3.86. The van der Waals surface area contributed by atoms with Gasteiger partial charge in [-0.25, -0.2) is 9.79 Å². The number of methoxy groups -OCH3 is 1. The summed E-state index contributed by atoms with van der Waals surface area (Å²) in [5, 5.41) is 10.9. The fourth-order valence-corrected chi connectivity index (χ4v) is 5.71. The van der Waals surface area contributed by atoms with Gasteiger partial charge in [-0.3, -0.25) is 9.36 Å². The van der Waals surface area contributed by atoms with Gasteiger partial charge >= 0.3 is 5.97 Å². The van der Waals surface area contributed by atoms with Crippen LogP contribution < -0.4 is 24.4 Å². The highest BCUT2D eigenvalue weighted by Crippen LogP contribution is 2.32. The number of nitrogens with zero attached hydrogens (tertiary/aromatic N) is 3. The largest absolute Gasteiger partial charge is 0.497 e. The van der Waals surface area contributed by atoms with Gasteiger partial charge in [0.25, 0.3) is 5.56 Å². The number of carbonyl (C=O) groups is 1. The number of esters is 1. The topological polar surface area (TPSA) is 103 Å². The highest BCUT2D eigenvalue weighted by molar-refractivity contribution is 7.07. The molecule has 0 radical (unpaired) electrons. The maximum Gasteiger partial charge on any atom is 0.338 e. The lowest BCUT2D eigenvalue weighted by Gasteiger charge is -2.24. The van der Waals surface area contributed by atoms with Gasteiger partial charge in [0.05, 0.1) is 35.6 Å². The van der Waals surface area contributed by atoms with Gasteiger partial charge in [0, 0.05) is 5.56 Å². The molecule has 0 fully saturated rings. The van der Waals surface area contributed by atoms with Gasteiger partial charge in [-0.1, -0.05) is 53.8 Å². The van der Waals surface area contributed by atoms with E-state index >= 15 is 0 Å². The van der Waals surface area contributed by atoms with E-state index in [9.17, 15) is 9.59 Å². The fourth-order valence-electron chi connectivity index (χ4n) is 4.68. The average molecular weight is 540 g/mol. The predicted molar refractivity (Wildman–Crippen MR) is 148 cm³/mol. The molecular weight excluding hydrogens is 514 g/mol. The maximum absolute atomic E-state index is 14.0. The summed E-state index contributed by atoms with van der Waals surface area (Å²) in [7, 11) is 1.58. The minimum atomic E-state index is -0.727. The van der Waals surface area contributed by atoms with Crippen molar-refractivity contribution in [2.24, 2.45) is 4.99 Å². The SMILES string of the molecule is CCOC(=O)C1=C(C)N=c2s/c(=C\c3c(OCC#N)ccc4ccccc34)c(=O)n2[C@@H]1c1ccc(OC)cc1. The molecule has 1 aliphatic rings. The van der Waals surface area contributed by atoms with E-state index in [1.807, 2.05) is 48.5 Å². The van der Waals surface area contributed by atoms with Crippen molar-refractivity contribution < 1.29 is 19.0 Å². The van der Waals surface area contributed by atoms with E-state index in [-0.39, 0.29) is 18.8 Å². The van der Waals surface area contributed by atoms with Crippen molar-refractivity contribution in [3.05, 3.63) is 103 Å². The highest BCUT2D eigenvalue weighted by atomic mass is 32.1. The highest BCUT2D eigenvalue weighted by Gasteiger charge is 2.33. The van der Waals surface area contributed by atoms with Crippen LogP contribution in [0.4, 0.5) is 0 Å². The minimum absolute atomic E-state index is 0.125. The zero-order valence-electron chi connectivity index (χ0n) is 21.6. The molecule has 1 aliphatic heterocycles. The first-order valence-electron chi connectivity index (χ1n) is 12.3. The Kier molecular flexibility index (Phi) is 7.30. The summed E-state index contributed by atoms with van der Waals surface area (Å²) in [6.07, 6.45) is 1.77. The maximum atomic E-state index is 14.0. The van der Waals surface area contributed by atoms with E-state index in [2.05, 4.69) is 4.99 Å². The van der Waals surface area contributed by atoms with Gasteiger partial charge in [-0.15, -0.1) is 0 Å². The Labute approximate surface area is 228 Å². The van der Waals surface area contributed by atoms with Crippen LogP contribution in [0.25, 0.3) is 16.8 Å². The Bertz CT molecular complexity index is 1830. The van der Waals surface area contributed by atoms with Crippen LogP contribution in [0.1, 0.15) is 31.0 Å². The van der Waals surface area contributed by atoms with Crippen molar-refractivity contribution in [3.63, 3.8) is 0 Å². The molecule has 0 saturated heterocycles. The van der Waals surface area contributed by atoms with Crippen molar-refractivity contribution in [3.8, 4) is 17.6 Å². The third kappa shape index (κ3) is 4.82. The number of fused-ring (bicyclic) bond motifs is 2. The Balaban J connectivity index is 1.76. The van der Waals surface area contributed by atoms with Crippen LogP contribution in [0.15, 0.2) is 81.7 Å². The first kappa shape index (κ1) is 25.9. The van der Waals surface area contributed by atoms with E-state index in [4.69, 9.17) is 19.5 Å². The van der Waals surface area contributed by atoms with Gasteiger partial charge in [-0.2, -0.15) is 5.26 Å². The molecule has 0 unspecified atom stereocenters. The summed E-state index contributed by atoms with van der Waals surface area (Å²) in [5.41, 5.74) is 1.92. The van der Waals surface area contributed by atoms with Crippen molar-refractivity contribution >= 4 is 34.2 Å². The first-order valence-corrected chi connectivity index (χ1v) is 13.1. The molecule has 39 heavy (non-hydrogen) atoms. The van der Waals surface area contributed by atoms with Crippen LogP contribution in [-0.2, 0) is 9.53 Å². The number of hydrogen-bond acceptors (Lipinski definition) is 8. The number of allylic oxidation sites excluding steroid dienone is 1. The molecular formula is C30H25N3O5S. The summed E-state index contributed by atoms with van der Waals surface area (Å²) in [5.74, 6) is 0.636. The molecule has 5 rings (SSSR count). The Morgan fingerprint density at radius 1 is 1.15 bits per heavy atom. The summed E-state index contributed by atoms with van der Waals surface area (Å²) in [4.78, 5) is 32.2. The number of rotatable bonds is 7. The molecule has 9 heteroatoms. The molecule has 0 spiro atoms. The normalized spacial score (nSPS) is 14.9. The second kappa shape index (κ2) is 11.0. The summed E-state index contributed by atoms with van der Waals surface area (Å²) in [6, 6.07) is 20.0. The summed E-state index contributed by atoms with van der Waals surface area (Å²) in [6.45, 7) is 3.56. The van der Waals surface area contributed by atoms with Crippen molar-refractivity contribution in [1.29, 1.82) is 5.26 Å². The molecule has 196 valence electrons. The van der Waals surface area contributed by atoms with Crippen LogP contribution in [0.3, 0.4) is 0 Å². The zero-order chi connectivity index (χ0) is 27.5. The van der Waals surface area contributed by atoms with E-state index in [0.717, 1.165) is 16.3 Å². The molecule has 4 aromatic rings. The van der Waals surface area contributed by atoms with Crippen molar-refractivity contribution in [2.75, 3.05) is 20.3 Å². The molecule has 0 amide bonds. The lowest BCUT2D eigenvalue weighted by Crippen LogP contribution is -2.39. The molecule has 1 aromatic heterocycles. The fraction of sp³-hybridized carbons (Fsp3) is 0.200. The second-order valence-electron chi connectivity index (χ2n) is 8.72. The van der Waals surface area contributed by atoms with Gasteiger partial charge in [0.2, 0.25) is 0 Å². The van der Waals surface area contributed by atoms with Crippen LogP contribution >= 0.6 is 11.3 Å². The Morgan fingerprint density at radius 3 is 2.64 bits per heavy atom. The Hall–Kier alpha value is -4.68. The lowest BCUT2D eigenvalue weighted by atomic mass is 9.96. The minimum Gasteiger partial charge on any atom is -0.497 e. The standard InChI is InChI=1S/C30H25N3O5S/c1-4-37-29(35)26-18(2)32-30-33(27(26)20-9-12-21(36-3)13-10-20)28(34)25(39-30)17-23-22-8-6-5-7-19(22)11-14-24(23)38-16-15-31/h5-14,17,27H,4,16H2,1-3H3/b25-17-/t27-/m1/s1. The van der Waals surface area contributed by atoms with E-state index in [1.54, 1.807) is 49.8 Å². The van der Waals surface area contributed by atoms with Crippen molar-refractivity contribution in [1.82, 2.24) is 4.57 Å². The molecule has 2 heterocycles. The van der Waals surface area contributed by atoms with Crippen LogP contribution in [0.5, 0.6) is 11.5 Å². The molecule has 0 saturated carbocycles. The van der Waals surface area contributed by atoms with Gasteiger partial charge < -0.3 is 14.2 Å². The van der Waals surface area contributed by atoms with E-state index in [1.165, 1.54) is 11.3 Å². The third-order valence-corrected chi connectivity index (χ3v) is 7.43. The monoisotopic (exact) mass is 539 g/mol. The number of aromatic nitrogens is 1. The number of ether oxygens (including phenoxy) is 3. The summed E-state index contributed by atoms with van der Waals surface area (Å²) < 4.78 is 18.3. The average Bonchev–Trinajstić information content (AvgIpc) is 3.26. The molecule has 0 N–H and O–H groups in total. The zero-order valence-corrected chi connectivity index (χ0v) is 22.5. The number of nitriles is 1. The second-order valence-corrected chi connectivity index (χ2v) is 9.73. The smallest absolute Gasteiger partial charge is 0.338 e. The van der Waals surface area contributed by atoms with Crippen LogP contribution in [0, 0.1) is 11.3 Å². The van der Waals surface area contributed by atoms with E-state index < -0.39 is 12.0 Å². The van der Waals surface area contributed by atoms with Crippen molar-refractivity contribution in [2.45, 2.75) is 19.9 Å².